The molecule has 1 N–H and O–H groups in total. The molecule has 0 aromatic carbocycles. The number of thiophene rings is 1. The fourth-order valence-corrected chi connectivity index (χ4v) is 4.98. The van der Waals surface area contributed by atoms with Gasteiger partial charge in [-0.1, -0.05) is 29.2 Å². The van der Waals surface area contributed by atoms with Gasteiger partial charge in [0.15, 0.2) is 9.99 Å². The lowest BCUT2D eigenvalue weighted by Crippen LogP contribution is -2.12. The van der Waals surface area contributed by atoms with Crippen LogP contribution in [0.1, 0.15) is 35.1 Å². The van der Waals surface area contributed by atoms with Crippen LogP contribution in [0.2, 0.25) is 0 Å². The predicted octanol–water partition coefficient (Wildman–Crippen LogP) is 4.47. The van der Waals surface area contributed by atoms with Crippen LogP contribution in [0.5, 0.6) is 0 Å². The summed E-state index contributed by atoms with van der Waals surface area (Å²) in [7, 11) is 0. The van der Waals surface area contributed by atoms with Crippen molar-refractivity contribution in [2.45, 2.75) is 30.0 Å². The molecule has 0 atom stereocenters. The first-order valence-electron chi connectivity index (χ1n) is 8.23. The van der Waals surface area contributed by atoms with E-state index in [1.54, 1.807) is 41.6 Å². The zero-order chi connectivity index (χ0) is 18.8. The van der Waals surface area contributed by atoms with Gasteiger partial charge in [-0.25, -0.2) is 9.67 Å². The third-order valence-corrected chi connectivity index (χ3v) is 6.81. The van der Waals surface area contributed by atoms with E-state index in [0.717, 1.165) is 21.1 Å². The van der Waals surface area contributed by atoms with Gasteiger partial charge in [-0.05, 0) is 31.4 Å². The van der Waals surface area contributed by atoms with Crippen molar-refractivity contribution < 1.29 is 4.79 Å². The summed E-state index contributed by atoms with van der Waals surface area (Å²) in [4.78, 5) is 18.2. The largest absolute Gasteiger partial charge is 0.296 e. The van der Waals surface area contributed by atoms with Gasteiger partial charge in [0.1, 0.15) is 0 Å². The molecule has 4 heterocycles. The van der Waals surface area contributed by atoms with Crippen molar-refractivity contribution in [3.05, 3.63) is 46.4 Å². The van der Waals surface area contributed by atoms with Crippen LogP contribution >= 0.6 is 34.4 Å². The number of carbonyl (C=O) groups is 1. The molecule has 10 heteroatoms. The predicted molar refractivity (Wildman–Crippen MR) is 110 cm³/mol. The van der Waals surface area contributed by atoms with E-state index >= 15 is 0 Å². The number of amides is 1. The fraction of sp³-hybridized carbons (Fsp3) is 0.235. The summed E-state index contributed by atoms with van der Waals surface area (Å²) in [6.07, 6.45) is 3.29. The molecular weight excluding hydrogens is 400 g/mol. The Hall–Kier alpha value is -2.30. The Balaban J connectivity index is 1.43. The van der Waals surface area contributed by atoms with Gasteiger partial charge in [0.2, 0.25) is 5.13 Å². The normalized spacial score (nSPS) is 11.4. The van der Waals surface area contributed by atoms with E-state index in [2.05, 4.69) is 37.0 Å². The zero-order valence-electron chi connectivity index (χ0n) is 14.6. The molecule has 0 unspecified atom stereocenters. The highest BCUT2D eigenvalue weighted by molar-refractivity contribution is 8.00. The standard InChI is InChI=1S/C17H16N6OS3/c1-10(2)23-14-11(8-19-23)6-12(7-18-14)15(24)20-16-21-22-17(27-16)26-9-13-4-3-5-25-13/h3-8,10H,9H2,1-2H3,(H,20,21,24). The Labute approximate surface area is 167 Å². The molecule has 0 radical (unpaired) electrons. The van der Waals surface area contributed by atoms with Crippen LogP contribution < -0.4 is 5.32 Å². The minimum atomic E-state index is -0.257. The number of aromatic nitrogens is 5. The lowest BCUT2D eigenvalue weighted by molar-refractivity contribution is 0.102. The van der Waals surface area contributed by atoms with Gasteiger partial charge in [0.25, 0.3) is 5.91 Å². The van der Waals surface area contributed by atoms with Crippen LogP contribution in [0.4, 0.5) is 5.13 Å². The molecule has 4 rings (SSSR count). The minimum absolute atomic E-state index is 0.209. The van der Waals surface area contributed by atoms with Gasteiger partial charge in [0.05, 0.1) is 11.8 Å². The molecule has 0 aliphatic heterocycles. The molecule has 0 aliphatic carbocycles. The number of thioether (sulfide) groups is 1. The number of fused-ring (bicyclic) bond motifs is 1. The number of pyridine rings is 1. The molecule has 7 nitrogen and oxygen atoms in total. The maximum absolute atomic E-state index is 12.5. The van der Waals surface area contributed by atoms with Crippen molar-refractivity contribution in [1.82, 2.24) is 25.0 Å². The number of carbonyl (C=O) groups excluding carboxylic acids is 1. The number of nitrogens with one attached hydrogen (secondary N) is 1. The van der Waals surface area contributed by atoms with Gasteiger partial charge in [-0.2, -0.15) is 5.10 Å². The van der Waals surface area contributed by atoms with Gasteiger partial charge in [-0.15, -0.1) is 21.5 Å². The van der Waals surface area contributed by atoms with Crippen molar-refractivity contribution in [3.63, 3.8) is 0 Å². The summed E-state index contributed by atoms with van der Waals surface area (Å²) in [5, 5.41) is 18.7. The molecule has 0 saturated carbocycles. The lowest BCUT2D eigenvalue weighted by Gasteiger charge is -2.06. The van der Waals surface area contributed by atoms with E-state index in [9.17, 15) is 4.79 Å². The van der Waals surface area contributed by atoms with E-state index in [4.69, 9.17) is 0 Å². The second-order valence-electron chi connectivity index (χ2n) is 6.01. The van der Waals surface area contributed by atoms with E-state index in [1.165, 1.54) is 16.2 Å². The van der Waals surface area contributed by atoms with Gasteiger partial charge in [-0.3, -0.25) is 10.1 Å². The molecule has 0 saturated heterocycles. The highest BCUT2D eigenvalue weighted by Crippen LogP contribution is 2.29. The monoisotopic (exact) mass is 416 g/mol. The van der Waals surface area contributed by atoms with E-state index in [0.29, 0.717) is 10.7 Å². The first kappa shape index (κ1) is 18.1. The molecule has 0 fully saturated rings. The summed E-state index contributed by atoms with van der Waals surface area (Å²) in [5.74, 6) is 0.591. The van der Waals surface area contributed by atoms with Gasteiger partial charge >= 0.3 is 0 Å². The Kier molecular flexibility index (Phi) is 5.19. The van der Waals surface area contributed by atoms with Crippen LogP contribution in [0, 0.1) is 0 Å². The van der Waals surface area contributed by atoms with Crippen molar-refractivity contribution in [2.24, 2.45) is 0 Å². The smallest absolute Gasteiger partial charge is 0.259 e. The first-order chi connectivity index (χ1) is 13.1. The number of anilines is 1. The summed E-state index contributed by atoms with van der Waals surface area (Å²) in [6, 6.07) is 6.12. The zero-order valence-corrected chi connectivity index (χ0v) is 17.1. The van der Waals surface area contributed by atoms with Crippen LogP contribution in [-0.2, 0) is 5.75 Å². The third kappa shape index (κ3) is 4.02. The van der Waals surface area contributed by atoms with Crippen LogP contribution in [0.25, 0.3) is 11.0 Å². The first-order valence-corrected chi connectivity index (χ1v) is 10.9. The second-order valence-corrected chi connectivity index (χ2v) is 9.25. The van der Waals surface area contributed by atoms with Crippen molar-refractivity contribution in [3.8, 4) is 0 Å². The van der Waals surface area contributed by atoms with Crippen molar-refractivity contribution >= 4 is 56.5 Å². The minimum Gasteiger partial charge on any atom is -0.296 e. The number of nitrogens with zero attached hydrogens (tertiary/aromatic N) is 5. The topological polar surface area (TPSA) is 85.6 Å². The SMILES string of the molecule is CC(C)n1ncc2cc(C(=O)Nc3nnc(SCc4cccs4)s3)cnc21. The molecule has 138 valence electrons. The van der Waals surface area contributed by atoms with Crippen molar-refractivity contribution in [1.29, 1.82) is 0 Å². The molecule has 0 bridgehead atoms. The molecule has 0 spiro atoms. The molecule has 0 aliphatic rings. The maximum atomic E-state index is 12.5. The summed E-state index contributed by atoms with van der Waals surface area (Å²) in [6.45, 7) is 4.08. The average Bonchev–Trinajstić information content (AvgIpc) is 3.39. The quantitative estimate of drug-likeness (QED) is 0.369. The summed E-state index contributed by atoms with van der Waals surface area (Å²) < 4.78 is 2.66. The van der Waals surface area contributed by atoms with Gasteiger partial charge < -0.3 is 0 Å². The van der Waals surface area contributed by atoms with Crippen molar-refractivity contribution in [2.75, 3.05) is 5.32 Å². The summed E-state index contributed by atoms with van der Waals surface area (Å²) in [5.41, 5.74) is 1.23. The molecule has 1 amide bonds. The molecule has 4 aromatic heterocycles. The molecule has 27 heavy (non-hydrogen) atoms. The van der Waals surface area contributed by atoms with E-state index in [1.807, 2.05) is 24.6 Å². The Bertz CT molecular complexity index is 1070. The van der Waals surface area contributed by atoms with E-state index < -0.39 is 0 Å². The van der Waals surface area contributed by atoms with Crippen LogP contribution in [-0.4, -0.2) is 30.9 Å². The fourth-order valence-electron chi connectivity index (χ4n) is 2.46. The average molecular weight is 417 g/mol. The Morgan fingerprint density at radius 1 is 1.33 bits per heavy atom. The molecule has 4 aromatic rings. The number of rotatable bonds is 6. The summed E-state index contributed by atoms with van der Waals surface area (Å²) >= 11 is 4.69. The van der Waals surface area contributed by atoms with Crippen LogP contribution in [0.15, 0.2) is 40.3 Å². The van der Waals surface area contributed by atoms with Gasteiger partial charge in [0, 0.05) is 28.3 Å². The Morgan fingerprint density at radius 3 is 3.00 bits per heavy atom. The second kappa shape index (κ2) is 7.75. The lowest BCUT2D eigenvalue weighted by atomic mass is 10.2. The molecular formula is C17H16N6OS3. The van der Waals surface area contributed by atoms with E-state index in [-0.39, 0.29) is 11.9 Å². The highest BCUT2D eigenvalue weighted by Gasteiger charge is 2.14. The highest BCUT2D eigenvalue weighted by atomic mass is 32.2. The third-order valence-electron chi connectivity index (χ3n) is 3.73. The van der Waals surface area contributed by atoms with Crippen LogP contribution in [0.3, 0.4) is 0 Å². The Morgan fingerprint density at radius 2 is 2.22 bits per heavy atom. The number of hydrogen-bond donors (Lipinski definition) is 1. The number of hydrogen-bond acceptors (Lipinski definition) is 8. The maximum Gasteiger partial charge on any atom is 0.259 e.